The number of hydrogen-bond acceptors (Lipinski definition) is 4. The van der Waals surface area contributed by atoms with E-state index in [4.69, 9.17) is 0 Å². The second-order valence-corrected chi connectivity index (χ2v) is 3.75. The van der Waals surface area contributed by atoms with Gasteiger partial charge in [0.25, 0.3) is 0 Å². The molecule has 0 unspecified atom stereocenters. The third-order valence-corrected chi connectivity index (χ3v) is 2.24. The molecule has 0 aromatic heterocycles. The first kappa shape index (κ1) is 17.4. The average molecular weight is 315 g/mol. The summed E-state index contributed by atoms with van der Waals surface area (Å²) in [6, 6.07) is 0. The number of hydrogen-bond donors (Lipinski definition) is 4. The monoisotopic (exact) mass is 314 g/mol. The van der Waals surface area contributed by atoms with Crippen molar-refractivity contribution in [1.29, 1.82) is 0 Å². The van der Waals surface area contributed by atoms with Crippen molar-refractivity contribution < 1.29 is 35.7 Å². The molecule has 1 aliphatic rings. The van der Waals surface area contributed by atoms with E-state index < -0.39 is 0 Å². The molecule has 1 rings (SSSR count). The summed E-state index contributed by atoms with van der Waals surface area (Å²) in [5.74, 6) is -1.33. The molecule has 0 aromatic carbocycles. The van der Waals surface area contributed by atoms with Gasteiger partial charge in [-0.1, -0.05) is 0 Å². The van der Waals surface area contributed by atoms with E-state index in [1.807, 2.05) is 0 Å². The molecule has 110 valence electrons. The molecule has 1 fully saturated rings. The van der Waals surface area contributed by atoms with Crippen LogP contribution in [0.5, 0.6) is 0 Å². The van der Waals surface area contributed by atoms with Gasteiger partial charge in [0.05, 0.1) is 13.1 Å². The molecule has 0 aromatic rings. The van der Waals surface area contributed by atoms with E-state index in [9.17, 15) is 19.2 Å². The fraction of sp³-hybridized carbons (Fsp3) is 0.600. The van der Waals surface area contributed by atoms with E-state index in [0.717, 1.165) is 0 Å². The molecule has 0 spiro atoms. The van der Waals surface area contributed by atoms with E-state index >= 15 is 0 Å². The Morgan fingerprint density at radius 2 is 0.947 bits per heavy atom. The van der Waals surface area contributed by atoms with Gasteiger partial charge in [-0.2, -0.15) is 0 Å². The quantitative estimate of drug-likeness (QED) is 0.362. The van der Waals surface area contributed by atoms with Crippen LogP contribution in [0.1, 0.15) is 12.8 Å². The van der Waals surface area contributed by atoms with Crippen LogP contribution in [-0.4, -0.2) is 49.8 Å². The SMILES string of the molecule is O=C1CCNC(=O)CNC(=O)CCNC(=O)CN1.[Ni]. The molecule has 0 saturated carbocycles. The Morgan fingerprint density at radius 3 is 1.32 bits per heavy atom. The number of rotatable bonds is 0. The van der Waals surface area contributed by atoms with Crippen LogP contribution in [0.25, 0.3) is 0 Å². The summed E-state index contributed by atoms with van der Waals surface area (Å²) in [7, 11) is 0. The molecule has 0 radical (unpaired) electrons. The molecule has 0 atom stereocenters. The predicted molar refractivity (Wildman–Crippen MR) is 61.3 cm³/mol. The van der Waals surface area contributed by atoms with Gasteiger partial charge in [-0.3, -0.25) is 19.2 Å². The summed E-state index contributed by atoms with van der Waals surface area (Å²) in [5.41, 5.74) is 0. The Bertz CT molecular complexity index is 295. The Hall–Kier alpha value is -1.63. The van der Waals surface area contributed by atoms with Crippen LogP contribution >= 0.6 is 0 Å². The van der Waals surface area contributed by atoms with E-state index in [2.05, 4.69) is 21.3 Å². The van der Waals surface area contributed by atoms with Crippen LogP contribution in [0, 0.1) is 0 Å². The van der Waals surface area contributed by atoms with Gasteiger partial charge in [-0.25, -0.2) is 0 Å². The summed E-state index contributed by atoms with van der Waals surface area (Å²) in [4.78, 5) is 44.9. The number of amides is 4. The van der Waals surface area contributed by atoms with Gasteiger partial charge in [0.1, 0.15) is 0 Å². The third kappa shape index (κ3) is 8.15. The summed E-state index contributed by atoms with van der Waals surface area (Å²) in [6.45, 7) is 0.0765. The van der Waals surface area contributed by atoms with E-state index in [1.54, 1.807) is 0 Å². The van der Waals surface area contributed by atoms with Crippen molar-refractivity contribution in [2.75, 3.05) is 26.2 Å². The molecular formula is C10H16N4NiO4. The molecular weight excluding hydrogens is 299 g/mol. The molecule has 0 aliphatic carbocycles. The predicted octanol–water partition coefficient (Wildman–Crippen LogP) is -2.76. The Balaban J connectivity index is 0.00000324. The number of carbonyl (C=O) groups is 4. The van der Waals surface area contributed by atoms with Gasteiger partial charge in [0.15, 0.2) is 0 Å². The van der Waals surface area contributed by atoms with Crippen molar-refractivity contribution in [3.8, 4) is 0 Å². The fourth-order valence-corrected chi connectivity index (χ4v) is 1.29. The third-order valence-electron chi connectivity index (χ3n) is 2.24. The number of carbonyl (C=O) groups excluding carboxylic acids is 4. The zero-order valence-corrected chi connectivity index (χ0v) is 11.2. The van der Waals surface area contributed by atoms with Crippen LogP contribution in [0.3, 0.4) is 0 Å². The summed E-state index contributed by atoms with van der Waals surface area (Å²) in [5, 5.41) is 9.79. The van der Waals surface area contributed by atoms with Crippen molar-refractivity contribution in [3.05, 3.63) is 0 Å². The molecule has 4 amide bonds. The van der Waals surface area contributed by atoms with Crippen molar-refractivity contribution >= 4 is 23.6 Å². The first-order valence-corrected chi connectivity index (χ1v) is 5.64. The maximum atomic E-state index is 11.2. The van der Waals surface area contributed by atoms with Gasteiger partial charge in [0.2, 0.25) is 23.6 Å². The van der Waals surface area contributed by atoms with Crippen LogP contribution in [0.2, 0.25) is 0 Å². The molecule has 8 nitrogen and oxygen atoms in total. The standard InChI is InChI=1S/C10H16N4O4.Ni/c15-7-1-3-11-9(17)6-14-8(16)2-4-12-10(18)5-13-7;/h1-6H2,(H,11,17)(H,12,18)(H,13,15)(H,14,16);. The zero-order chi connectivity index (χ0) is 13.4. The maximum absolute atomic E-state index is 11.2. The summed E-state index contributed by atoms with van der Waals surface area (Å²) < 4.78 is 0. The molecule has 4 N–H and O–H groups in total. The Labute approximate surface area is 120 Å². The van der Waals surface area contributed by atoms with Crippen molar-refractivity contribution in [2.45, 2.75) is 12.8 Å². The molecule has 1 saturated heterocycles. The van der Waals surface area contributed by atoms with Gasteiger partial charge in [-0.15, -0.1) is 0 Å². The van der Waals surface area contributed by atoms with Gasteiger partial charge in [-0.05, 0) is 0 Å². The minimum Gasteiger partial charge on any atom is -0.354 e. The topological polar surface area (TPSA) is 116 Å². The molecule has 1 heterocycles. The summed E-state index contributed by atoms with van der Waals surface area (Å²) >= 11 is 0. The first-order chi connectivity index (χ1) is 8.58. The van der Waals surface area contributed by atoms with E-state index in [0.29, 0.717) is 0 Å². The number of nitrogens with one attached hydrogen (secondary N) is 4. The maximum Gasteiger partial charge on any atom is 0.239 e. The zero-order valence-electron chi connectivity index (χ0n) is 10.2. The second kappa shape index (κ2) is 9.32. The Kier molecular flexibility index (Phi) is 8.52. The van der Waals surface area contributed by atoms with Gasteiger partial charge >= 0.3 is 0 Å². The van der Waals surface area contributed by atoms with E-state index in [1.165, 1.54) is 0 Å². The molecule has 9 heteroatoms. The van der Waals surface area contributed by atoms with Crippen LogP contribution in [-0.2, 0) is 35.7 Å². The van der Waals surface area contributed by atoms with Crippen molar-refractivity contribution in [3.63, 3.8) is 0 Å². The fourth-order valence-electron chi connectivity index (χ4n) is 1.29. The minimum absolute atomic E-state index is 0. The van der Waals surface area contributed by atoms with Gasteiger partial charge < -0.3 is 21.3 Å². The Morgan fingerprint density at radius 1 is 0.579 bits per heavy atom. The van der Waals surface area contributed by atoms with Gasteiger partial charge in [0, 0.05) is 42.4 Å². The van der Waals surface area contributed by atoms with Crippen molar-refractivity contribution in [2.24, 2.45) is 0 Å². The van der Waals surface area contributed by atoms with Crippen LogP contribution < -0.4 is 21.3 Å². The minimum atomic E-state index is -0.350. The van der Waals surface area contributed by atoms with Crippen LogP contribution in [0.15, 0.2) is 0 Å². The molecule has 1 aliphatic heterocycles. The average Bonchev–Trinajstić information content (AvgIpc) is 2.33. The largest absolute Gasteiger partial charge is 0.354 e. The first-order valence-electron chi connectivity index (χ1n) is 5.64. The molecule has 0 bridgehead atoms. The normalized spacial score (nSPS) is 18.9. The van der Waals surface area contributed by atoms with Crippen molar-refractivity contribution in [1.82, 2.24) is 21.3 Å². The second-order valence-electron chi connectivity index (χ2n) is 3.75. The van der Waals surface area contributed by atoms with Crippen LogP contribution in [0.4, 0.5) is 0 Å². The van der Waals surface area contributed by atoms with E-state index in [-0.39, 0.29) is 79.1 Å². The smallest absolute Gasteiger partial charge is 0.239 e. The molecule has 19 heavy (non-hydrogen) atoms. The summed E-state index contributed by atoms with van der Waals surface area (Å²) in [6.07, 6.45) is 0.180.